The van der Waals surface area contributed by atoms with E-state index in [-0.39, 0.29) is 11.3 Å². The van der Waals surface area contributed by atoms with Crippen LogP contribution in [0.2, 0.25) is 0 Å². The molecular formula is C6H13N3OS2. The van der Waals surface area contributed by atoms with Gasteiger partial charge in [-0.15, -0.1) is 0 Å². The van der Waals surface area contributed by atoms with Crippen LogP contribution in [0.15, 0.2) is 0 Å². The molecule has 0 atom stereocenters. The minimum absolute atomic E-state index is 0.0648. The molecule has 0 aliphatic rings. The van der Waals surface area contributed by atoms with Gasteiger partial charge in [0.2, 0.25) is 0 Å². The van der Waals surface area contributed by atoms with Crippen LogP contribution >= 0.6 is 24.4 Å². The Morgan fingerprint density at radius 3 is 2.25 bits per heavy atom. The Hall–Kier alpha value is -0.620. The van der Waals surface area contributed by atoms with Crippen molar-refractivity contribution >= 4 is 34.7 Å². The van der Waals surface area contributed by atoms with Crippen molar-refractivity contribution in [2.45, 2.75) is 20.0 Å². The Kier molecular flexibility index (Phi) is 5.65. The number of nitrogens with one attached hydrogen (secondary N) is 3. The quantitative estimate of drug-likeness (QED) is 0.424. The molecule has 0 radical (unpaired) electrons. The van der Waals surface area contributed by atoms with Gasteiger partial charge in [-0.25, -0.2) is 0 Å². The van der Waals surface area contributed by atoms with E-state index in [0.717, 1.165) is 0 Å². The molecule has 0 spiro atoms. The second-order valence-corrected chi connectivity index (χ2v) is 3.06. The zero-order chi connectivity index (χ0) is 9.56. The monoisotopic (exact) mass is 207 g/mol. The maximum atomic E-state index is 5.12. The Morgan fingerprint density at radius 2 is 1.83 bits per heavy atom. The van der Waals surface area contributed by atoms with Gasteiger partial charge < -0.3 is 10.1 Å². The van der Waals surface area contributed by atoms with Crippen molar-refractivity contribution in [3.05, 3.63) is 0 Å². The summed E-state index contributed by atoms with van der Waals surface area (Å²) < 4.78 is 5.12. The van der Waals surface area contributed by atoms with Crippen molar-refractivity contribution in [1.29, 1.82) is 0 Å². The fourth-order valence-electron chi connectivity index (χ4n) is 0.414. The minimum atomic E-state index is 0.0648. The summed E-state index contributed by atoms with van der Waals surface area (Å²) in [5.41, 5.74) is 5.26. The molecule has 12 heavy (non-hydrogen) atoms. The van der Waals surface area contributed by atoms with Crippen LogP contribution in [0.3, 0.4) is 0 Å². The van der Waals surface area contributed by atoms with E-state index >= 15 is 0 Å². The average Bonchev–Trinajstić information content (AvgIpc) is 1.99. The first-order valence-electron chi connectivity index (χ1n) is 3.50. The molecule has 0 heterocycles. The molecule has 0 aromatic rings. The topological polar surface area (TPSA) is 45.3 Å². The standard InChI is InChI=1S/C6H13N3OS2/c1-4(2)10-6(12)9-8-5(11)7-3/h4H,1-3H3,(H,9,12)(H2,7,8,11). The molecule has 0 unspecified atom stereocenters. The molecule has 4 nitrogen and oxygen atoms in total. The third kappa shape index (κ3) is 6.11. The molecule has 0 rings (SSSR count). The Labute approximate surface area is 83.0 Å². The summed E-state index contributed by atoms with van der Waals surface area (Å²) in [5, 5.41) is 3.46. The maximum Gasteiger partial charge on any atom is 0.276 e. The number of hydrogen-bond acceptors (Lipinski definition) is 3. The summed E-state index contributed by atoms with van der Waals surface area (Å²) in [6.07, 6.45) is 0.0648. The van der Waals surface area contributed by atoms with Gasteiger partial charge in [0, 0.05) is 7.05 Å². The summed E-state index contributed by atoms with van der Waals surface area (Å²) in [4.78, 5) is 0. The molecule has 0 aliphatic heterocycles. The number of hydrazine groups is 1. The lowest BCUT2D eigenvalue weighted by Crippen LogP contribution is -2.46. The predicted octanol–water partition coefficient (Wildman–Crippen LogP) is 0.295. The molecule has 3 N–H and O–H groups in total. The van der Waals surface area contributed by atoms with Gasteiger partial charge in [0.15, 0.2) is 5.11 Å². The molecule has 0 bridgehead atoms. The fourth-order valence-corrected chi connectivity index (χ4v) is 0.708. The summed E-state index contributed by atoms with van der Waals surface area (Å²) in [5.74, 6) is 0. The largest absolute Gasteiger partial charge is 0.467 e. The van der Waals surface area contributed by atoms with E-state index in [1.54, 1.807) is 7.05 Å². The number of rotatable bonds is 1. The van der Waals surface area contributed by atoms with E-state index in [9.17, 15) is 0 Å². The minimum Gasteiger partial charge on any atom is -0.467 e. The summed E-state index contributed by atoms with van der Waals surface area (Å²) in [7, 11) is 1.71. The van der Waals surface area contributed by atoms with Crippen molar-refractivity contribution in [3.8, 4) is 0 Å². The van der Waals surface area contributed by atoms with Crippen LogP contribution in [-0.2, 0) is 4.74 Å². The number of ether oxygens (including phenoxy) is 1. The number of hydrogen-bond donors (Lipinski definition) is 3. The molecular weight excluding hydrogens is 194 g/mol. The Morgan fingerprint density at radius 1 is 1.25 bits per heavy atom. The van der Waals surface area contributed by atoms with Gasteiger partial charge in [-0.05, 0) is 38.3 Å². The maximum absolute atomic E-state index is 5.12. The van der Waals surface area contributed by atoms with Crippen LogP contribution in [0.5, 0.6) is 0 Å². The van der Waals surface area contributed by atoms with E-state index < -0.39 is 0 Å². The normalized spacial score (nSPS) is 9.00. The SMILES string of the molecule is CNC(=S)NNC(=S)OC(C)C. The fraction of sp³-hybridized carbons (Fsp3) is 0.667. The van der Waals surface area contributed by atoms with Crippen molar-refractivity contribution in [3.63, 3.8) is 0 Å². The van der Waals surface area contributed by atoms with E-state index in [2.05, 4.69) is 16.2 Å². The predicted molar refractivity (Wildman–Crippen MR) is 56.7 cm³/mol. The van der Waals surface area contributed by atoms with E-state index in [1.165, 1.54) is 0 Å². The van der Waals surface area contributed by atoms with Crippen molar-refractivity contribution < 1.29 is 4.74 Å². The van der Waals surface area contributed by atoms with Gasteiger partial charge in [0.25, 0.3) is 5.17 Å². The van der Waals surface area contributed by atoms with E-state index in [1.807, 2.05) is 13.8 Å². The first-order chi connectivity index (χ1) is 5.56. The summed E-state index contributed by atoms with van der Waals surface area (Å²) >= 11 is 9.60. The smallest absolute Gasteiger partial charge is 0.276 e. The summed E-state index contributed by atoms with van der Waals surface area (Å²) in [6.45, 7) is 3.79. The lowest BCUT2D eigenvalue weighted by atomic mass is 10.5. The van der Waals surface area contributed by atoms with Crippen LogP contribution in [0, 0.1) is 0 Å². The first kappa shape index (κ1) is 11.4. The zero-order valence-electron chi connectivity index (χ0n) is 7.30. The molecule has 0 fully saturated rings. The lowest BCUT2D eigenvalue weighted by Gasteiger charge is -2.13. The zero-order valence-corrected chi connectivity index (χ0v) is 8.94. The van der Waals surface area contributed by atoms with Crippen LogP contribution in [0.4, 0.5) is 0 Å². The highest BCUT2D eigenvalue weighted by atomic mass is 32.1. The number of thiocarbonyl (C=S) groups is 2. The Balaban J connectivity index is 3.51. The molecule has 0 saturated heterocycles. The summed E-state index contributed by atoms with van der Waals surface area (Å²) in [6, 6.07) is 0. The van der Waals surface area contributed by atoms with Gasteiger partial charge in [0.1, 0.15) is 0 Å². The molecule has 0 aliphatic carbocycles. The second-order valence-electron chi connectivity index (χ2n) is 2.28. The second kappa shape index (κ2) is 5.96. The molecule has 6 heteroatoms. The molecule has 0 aromatic carbocycles. The van der Waals surface area contributed by atoms with Crippen molar-refractivity contribution in [1.82, 2.24) is 16.2 Å². The molecule has 0 amide bonds. The third-order valence-corrected chi connectivity index (χ3v) is 1.35. The molecule has 0 saturated carbocycles. The first-order valence-corrected chi connectivity index (χ1v) is 4.32. The van der Waals surface area contributed by atoms with Crippen LogP contribution in [-0.4, -0.2) is 23.4 Å². The highest BCUT2D eigenvalue weighted by Crippen LogP contribution is 1.86. The average molecular weight is 207 g/mol. The van der Waals surface area contributed by atoms with Crippen LogP contribution < -0.4 is 16.2 Å². The van der Waals surface area contributed by atoms with Gasteiger partial charge in [-0.2, -0.15) is 0 Å². The Bertz CT molecular complexity index is 172. The van der Waals surface area contributed by atoms with Gasteiger partial charge in [-0.3, -0.25) is 10.9 Å². The highest BCUT2D eigenvalue weighted by molar-refractivity contribution is 7.80. The van der Waals surface area contributed by atoms with Crippen molar-refractivity contribution in [2.75, 3.05) is 7.05 Å². The van der Waals surface area contributed by atoms with Crippen LogP contribution in [0.1, 0.15) is 13.8 Å². The third-order valence-electron chi connectivity index (χ3n) is 0.848. The highest BCUT2D eigenvalue weighted by Gasteiger charge is 1.99. The van der Waals surface area contributed by atoms with E-state index in [4.69, 9.17) is 29.2 Å². The van der Waals surface area contributed by atoms with Gasteiger partial charge >= 0.3 is 0 Å². The van der Waals surface area contributed by atoms with Gasteiger partial charge in [0.05, 0.1) is 6.10 Å². The molecule has 70 valence electrons. The lowest BCUT2D eigenvalue weighted by molar-refractivity contribution is 0.223. The van der Waals surface area contributed by atoms with Gasteiger partial charge in [-0.1, -0.05) is 0 Å². The van der Waals surface area contributed by atoms with Crippen LogP contribution in [0.25, 0.3) is 0 Å². The van der Waals surface area contributed by atoms with E-state index in [0.29, 0.717) is 5.11 Å². The van der Waals surface area contributed by atoms with Crippen molar-refractivity contribution in [2.24, 2.45) is 0 Å². The molecule has 0 aromatic heterocycles.